The highest BCUT2D eigenvalue weighted by Crippen LogP contribution is 2.34. The number of rotatable bonds is 4. The Bertz CT molecular complexity index is 626. The second kappa shape index (κ2) is 9.48. The van der Waals surface area contributed by atoms with Gasteiger partial charge < -0.3 is 19.7 Å². The predicted octanol–water partition coefficient (Wildman–Crippen LogP) is 2.89. The highest BCUT2D eigenvalue weighted by Gasteiger charge is 2.39. The second-order valence-electron chi connectivity index (χ2n) is 7.98. The largest absolute Gasteiger partial charge is 0.445 e. The van der Waals surface area contributed by atoms with Crippen LogP contribution in [0.15, 0.2) is 30.3 Å². The highest BCUT2D eigenvalue weighted by atomic mass is 32.2. The lowest BCUT2D eigenvalue weighted by Crippen LogP contribution is -2.55. The molecule has 0 radical (unpaired) electrons. The zero-order valence-electron chi connectivity index (χ0n) is 16.5. The number of carbonyl (C=O) groups excluding carboxylic acids is 1. The predicted molar refractivity (Wildman–Crippen MR) is 111 cm³/mol. The number of hydrogen-bond acceptors (Lipinski definition) is 6. The number of nitrogens with one attached hydrogen (secondary N) is 1. The maximum absolute atomic E-state index is 12.3. The molecule has 0 aliphatic carbocycles. The summed E-state index contributed by atoms with van der Waals surface area (Å²) in [6, 6.07) is 9.85. The number of ether oxygens (including phenoxy) is 2. The smallest absolute Gasteiger partial charge is 0.410 e. The summed E-state index contributed by atoms with van der Waals surface area (Å²) in [5, 5.41) is 4.01. The van der Waals surface area contributed by atoms with Crippen LogP contribution in [0.4, 0.5) is 4.79 Å². The zero-order valence-corrected chi connectivity index (χ0v) is 17.3. The molecule has 1 spiro atoms. The van der Waals surface area contributed by atoms with Crippen molar-refractivity contribution in [2.75, 3.05) is 45.9 Å². The molecule has 0 unspecified atom stereocenters. The summed E-state index contributed by atoms with van der Waals surface area (Å²) in [4.78, 5) is 14.2. The van der Waals surface area contributed by atoms with Crippen molar-refractivity contribution in [1.82, 2.24) is 14.5 Å². The number of benzene rings is 1. The van der Waals surface area contributed by atoms with Crippen molar-refractivity contribution in [3.05, 3.63) is 35.9 Å². The number of carbonyl (C=O) groups is 1. The van der Waals surface area contributed by atoms with Crippen LogP contribution in [-0.4, -0.2) is 72.0 Å². The minimum atomic E-state index is -0.188. The summed E-state index contributed by atoms with van der Waals surface area (Å²) >= 11 is 1.99. The molecule has 0 atom stereocenters. The molecular weight excluding hydrogens is 374 g/mol. The Morgan fingerprint density at radius 1 is 1.18 bits per heavy atom. The number of piperidine rings is 2. The van der Waals surface area contributed by atoms with Crippen LogP contribution < -0.4 is 5.32 Å². The first kappa shape index (κ1) is 20.0. The first-order valence-corrected chi connectivity index (χ1v) is 11.3. The number of amides is 1. The molecule has 3 heterocycles. The number of hydrogen-bond donors (Lipinski definition) is 1. The van der Waals surface area contributed by atoms with Gasteiger partial charge in [0.15, 0.2) is 0 Å². The molecule has 1 N–H and O–H groups in total. The van der Waals surface area contributed by atoms with E-state index < -0.39 is 0 Å². The molecule has 4 rings (SSSR count). The van der Waals surface area contributed by atoms with E-state index in [1.165, 1.54) is 0 Å². The summed E-state index contributed by atoms with van der Waals surface area (Å²) < 4.78 is 14.2. The Labute approximate surface area is 172 Å². The highest BCUT2D eigenvalue weighted by molar-refractivity contribution is 7.97. The van der Waals surface area contributed by atoms with Gasteiger partial charge in [-0.2, -0.15) is 0 Å². The third-order valence-electron chi connectivity index (χ3n) is 5.93. The van der Waals surface area contributed by atoms with Crippen LogP contribution in [0.1, 0.15) is 31.2 Å². The molecule has 28 heavy (non-hydrogen) atoms. The lowest BCUT2D eigenvalue weighted by atomic mass is 9.91. The van der Waals surface area contributed by atoms with Crippen molar-refractivity contribution >= 4 is 18.0 Å². The summed E-state index contributed by atoms with van der Waals surface area (Å²) in [5.41, 5.74) is 1.08. The average molecular weight is 406 g/mol. The van der Waals surface area contributed by atoms with Gasteiger partial charge in [-0.1, -0.05) is 42.3 Å². The Morgan fingerprint density at radius 2 is 1.93 bits per heavy atom. The number of likely N-dealkylation sites (tertiary alicyclic amines) is 1. The van der Waals surface area contributed by atoms with Crippen molar-refractivity contribution in [2.24, 2.45) is 0 Å². The Morgan fingerprint density at radius 3 is 2.68 bits per heavy atom. The summed E-state index contributed by atoms with van der Waals surface area (Å²) in [7, 11) is 0. The monoisotopic (exact) mass is 405 g/mol. The Balaban J connectivity index is 1.19. The lowest BCUT2D eigenvalue weighted by molar-refractivity contribution is -0.103. The van der Waals surface area contributed by atoms with Gasteiger partial charge in [-0.15, -0.1) is 0 Å². The first-order chi connectivity index (χ1) is 13.7. The zero-order chi connectivity index (χ0) is 19.2. The third-order valence-corrected chi connectivity index (χ3v) is 7.31. The molecule has 1 aromatic carbocycles. The van der Waals surface area contributed by atoms with Crippen molar-refractivity contribution in [3.63, 3.8) is 0 Å². The van der Waals surface area contributed by atoms with Gasteiger partial charge in [0.1, 0.15) is 6.61 Å². The number of nitrogens with zero attached hydrogens (tertiary/aromatic N) is 2. The van der Waals surface area contributed by atoms with E-state index in [-0.39, 0.29) is 11.7 Å². The van der Waals surface area contributed by atoms with Gasteiger partial charge >= 0.3 is 6.09 Å². The quantitative estimate of drug-likeness (QED) is 0.778. The fourth-order valence-electron chi connectivity index (χ4n) is 4.25. The van der Waals surface area contributed by atoms with E-state index in [2.05, 4.69) is 9.62 Å². The van der Waals surface area contributed by atoms with E-state index in [4.69, 9.17) is 9.47 Å². The maximum atomic E-state index is 12.3. The Hall–Kier alpha value is -1.28. The molecule has 3 aliphatic heterocycles. The molecule has 154 valence electrons. The SMILES string of the molecule is O=C(OCc1ccccc1)N1CCC(SN2CCOC3(CCNCC3)C2)CC1. The summed E-state index contributed by atoms with van der Waals surface area (Å²) in [6.07, 6.45) is 4.08. The normalized spacial score (nSPS) is 23.6. The molecule has 0 bridgehead atoms. The van der Waals surface area contributed by atoms with Crippen molar-refractivity contribution in [2.45, 2.75) is 43.1 Å². The minimum absolute atomic E-state index is 0.0540. The fourth-order valence-corrected chi connectivity index (χ4v) is 5.58. The van der Waals surface area contributed by atoms with Crippen LogP contribution in [0.2, 0.25) is 0 Å². The summed E-state index contributed by atoms with van der Waals surface area (Å²) in [5.74, 6) is 0. The van der Waals surface area contributed by atoms with E-state index in [0.717, 1.165) is 77.1 Å². The van der Waals surface area contributed by atoms with E-state index >= 15 is 0 Å². The van der Waals surface area contributed by atoms with Crippen LogP contribution >= 0.6 is 11.9 Å². The van der Waals surface area contributed by atoms with E-state index in [0.29, 0.717) is 11.9 Å². The molecule has 0 saturated carbocycles. The maximum Gasteiger partial charge on any atom is 0.410 e. The molecular formula is C21H31N3O3S. The molecule has 3 aliphatic rings. The van der Waals surface area contributed by atoms with Crippen LogP contribution in [-0.2, 0) is 16.1 Å². The van der Waals surface area contributed by atoms with Gasteiger partial charge in [0, 0.05) is 31.4 Å². The van der Waals surface area contributed by atoms with Crippen LogP contribution in [0.5, 0.6) is 0 Å². The van der Waals surface area contributed by atoms with Gasteiger partial charge in [0.25, 0.3) is 0 Å². The molecule has 1 amide bonds. The van der Waals surface area contributed by atoms with Crippen LogP contribution in [0, 0.1) is 0 Å². The molecule has 1 aromatic rings. The molecule has 6 nitrogen and oxygen atoms in total. The number of morpholine rings is 1. The van der Waals surface area contributed by atoms with Gasteiger partial charge in [-0.25, -0.2) is 9.10 Å². The molecule has 7 heteroatoms. The van der Waals surface area contributed by atoms with Crippen molar-refractivity contribution in [1.29, 1.82) is 0 Å². The fraction of sp³-hybridized carbons (Fsp3) is 0.667. The molecule has 0 aromatic heterocycles. The lowest BCUT2D eigenvalue weighted by Gasteiger charge is -2.45. The van der Waals surface area contributed by atoms with E-state index in [9.17, 15) is 4.79 Å². The van der Waals surface area contributed by atoms with E-state index in [1.807, 2.05) is 47.2 Å². The van der Waals surface area contributed by atoms with Crippen molar-refractivity contribution < 1.29 is 14.3 Å². The van der Waals surface area contributed by atoms with Crippen molar-refractivity contribution in [3.8, 4) is 0 Å². The first-order valence-electron chi connectivity index (χ1n) is 10.4. The average Bonchev–Trinajstić information content (AvgIpc) is 2.74. The minimum Gasteiger partial charge on any atom is -0.445 e. The molecule has 3 fully saturated rings. The third kappa shape index (κ3) is 5.20. The standard InChI is InChI=1S/C21H31N3O3S/c25-20(26-16-18-4-2-1-3-5-18)23-12-6-19(7-13-23)28-24-14-15-27-21(17-24)8-10-22-11-9-21/h1-5,19,22H,6-17H2. The second-order valence-corrected chi connectivity index (χ2v) is 9.37. The van der Waals surface area contributed by atoms with Gasteiger partial charge in [0.2, 0.25) is 0 Å². The van der Waals surface area contributed by atoms with Gasteiger partial charge in [0.05, 0.1) is 12.2 Å². The van der Waals surface area contributed by atoms with Crippen LogP contribution in [0.3, 0.4) is 0 Å². The van der Waals surface area contributed by atoms with Crippen LogP contribution in [0.25, 0.3) is 0 Å². The van der Waals surface area contributed by atoms with Gasteiger partial charge in [-0.3, -0.25) is 0 Å². The Kier molecular flexibility index (Phi) is 6.77. The molecule has 3 saturated heterocycles. The van der Waals surface area contributed by atoms with E-state index in [1.54, 1.807) is 0 Å². The van der Waals surface area contributed by atoms with Gasteiger partial charge in [-0.05, 0) is 44.3 Å². The topological polar surface area (TPSA) is 54.0 Å². The summed E-state index contributed by atoms with van der Waals surface area (Å²) in [6.45, 7) is 6.88.